The number of halogens is 2. The van der Waals surface area contributed by atoms with Crippen molar-refractivity contribution in [1.82, 2.24) is 20.4 Å². The van der Waals surface area contributed by atoms with Crippen LogP contribution in [0, 0.1) is 18.3 Å². The number of benzene rings is 1. The van der Waals surface area contributed by atoms with Crippen molar-refractivity contribution in [3.05, 3.63) is 29.7 Å². The number of H-pyrrole nitrogens is 1. The van der Waals surface area contributed by atoms with E-state index in [9.17, 15) is 8.78 Å². The predicted octanol–water partition coefficient (Wildman–Crippen LogP) is 2.63. The minimum Gasteiger partial charge on any atom is -0.441 e. The summed E-state index contributed by atoms with van der Waals surface area (Å²) in [5, 5.41) is 18.9. The van der Waals surface area contributed by atoms with Crippen LogP contribution in [0.3, 0.4) is 0 Å². The monoisotopic (exact) mass is 331 g/mol. The number of aromatic nitrogens is 4. The summed E-state index contributed by atoms with van der Waals surface area (Å²) < 4.78 is 40.4. The molecule has 0 fully saturated rings. The molecular formula is C14H7F2N5O3. The maximum atomic E-state index is 13.1. The van der Waals surface area contributed by atoms with Gasteiger partial charge in [0.15, 0.2) is 22.9 Å². The molecule has 0 bridgehead atoms. The zero-order valence-electron chi connectivity index (χ0n) is 12.0. The van der Waals surface area contributed by atoms with Gasteiger partial charge in [-0.1, -0.05) is 0 Å². The number of nitrogens with one attached hydrogen (secondary N) is 1. The van der Waals surface area contributed by atoms with Gasteiger partial charge in [-0.2, -0.15) is 15.6 Å². The molecule has 0 atom stereocenters. The molecule has 1 aromatic carbocycles. The number of nitrogens with zero attached hydrogens (tertiary/aromatic N) is 4. The van der Waals surface area contributed by atoms with Crippen molar-refractivity contribution >= 4 is 0 Å². The van der Waals surface area contributed by atoms with Crippen LogP contribution in [0.2, 0.25) is 0 Å². The number of hydrogen-bond donors (Lipinski definition) is 1. The molecule has 10 heteroatoms. The summed E-state index contributed by atoms with van der Waals surface area (Å²) in [5.41, 5.74) is 1.06. The van der Waals surface area contributed by atoms with Crippen LogP contribution in [0.25, 0.3) is 22.8 Å². The van der Waals surface area contributed by atoms with Crippen LogP contribution in [0.1, 0.15) is 11.5 Å². The smallest absolute Gasteiger partial charge is 0.441 e. The second kappa shape index (κ2) is 4.76. The molecule has 0 saturated carbocycles. The van der Waals surface area contributed by atoms with Gasteiger partial charge in [0.2, 0.25) is 5.89 Å². The van der Waals surface area contributed by atoms with Crippen LogP contribution in [-0.2, 0) is 0 Å². The first-order chi connectivity index (χ1) is 11.5. The highest BCUT2D eigenvalue weighted by molar-refractivity contribution is 5.67. The molecule has 3 aromatic rings. The molecule has 8 nitrogen and oxygen atoms in total. The molecule has 0 spiro atoms. The summed E-state index contributed by atoms with van der Waals surface area (Å²) in [6, 6.07) is 6.06. The first-order valence-electron chi connectivity index (χ1n) is 6.66. The predicted molar refractivity (Wildman–Crippen MR) is 73.0 cm³/mol. The van der Waals surface area contributed by atoms with Gasteiger partial charge in [-0.3, -0.25) is 0 Å². The Morgan fingerprint density at radius 3 is 2.75 bits per heavy atom. The van der Waals surface area contributed by atoms with Crippen molar-refractivity contribution in [2.24, 2.45) is 0 Å². The van der Waals surface area contributed by atoms with Crippen LogP contribution in [0.4, 0.5) is 8.78 Å². The molecule has 24 heavy (non-hydrogen) atoms. The zero-order chi connectivity index (χ0) is 16.9. The summed E-state index contributed by atoms with van der Waals surface area (Å²) in [6.07, 6.45) is -3.69. The van der Waals surface area contributed by atoms with Crippen LogP contribution < -0.4 is 9.47 Å². The average Bonchev–Trinajstić information content (AvgIpc) is 3.20. The van der Waals surface area contributed by atoms with Gasteiger partial charge >= 0.3 is 6.29 Å². The maximum absolute atomic E-state index is 13.1. The fraction of sp³-hybridized carbons (Fsp3) is 0.143. The lowest BCUT2D eigenvalue weighted by molar-refractivity contribution is -0.286. The second-order valence-corrected chi connectivity index (χ2v) is 4.89. The van der Waals surface area contributed by atoms with Gasteiger partial charge < -0.3 is 13.9 Å². The summed E-state index contributed by atoms with van der Waals surface area (Å²) in [6.45, 7) is 1.64. The fourth-order valence-electron chi connectivity index (χ4n) is 2.30. The Labute approximate surface area is 132 Å². The SMILES string of the molecule is Cc1oc(-c2ccc3c(c2)OC(F)(F)O3)nc1-c1n[nH]nc1C#N. The van der Waals surface area contributed by atoms with E-state index in [1.165, 1.54) is 18.2 Å². The molecular weight excluding hydrogens is 324 g/mol. The number of fused-ring (bicyclic) bond motifs is 1. The van der Waals surface area contributed by atoms with E-state index in [-0.39, 0.29) is 28.8 Å². The summed E-state index contributed by atoms with van der Waals surface area (Å²) in [4.78, 5) is 4.27. The summed E-state index contributed by atoms with van der Waals surface area (Å²) in [5.74, 6) is 0.374. The zero-order valence-corrected chi connectivity index (χ0v) is 12.0. The first-order valence-corrected chi connectivity index (χ1v) is 6.66. The lowest BCUT2D eigenvalue weighted by atomic mass is 10.2. The third kappa shape index (κ3) is 2.14. The van der Waals surface area contributed by atoms with E-state index >= 15 is 0 Å². The minimum atomic E-state index is -3.69. The van der Waals surface area contributed by atoms with Crippen molar-refractivity contribution in [2.45, 2.75) is 13.2 Å². The van der Waals surface area contributed by atoms with Gasteiger partial charge in [0.1, 0.15) is 17.5 Å². The minimum absolute atomic E-state index is 0.0725. The van der Waals surface area contributed by atoms with Crippen molar-refractivity contribution in [3.63, 3.8) is 0 Å². The quantitative estimate of drug-likeness (QED) is 0.768. The second-order valence-electron chi connectivity index (χ2n) is 4.89. The highest BCUT2D eigenvalue weighted by Crippen LogP contribution is 2.43. The third-order valence-electron chi connectivity index (χ3n) is 3.32. The van der Waals surface area contributed by atoms with Crippen molar-refractivity contribution in [3.8, 4) is 40.4 Å². The Morgan fingerprint density at radius 2 is 1.96 bits per heavy atom. The van der Waals surface area contributed by atoms with Gasteiger partial charge in [0, 0.05) is 5.56 Å². The highest BCUT2D eigenvalue weighted by Gasteiger charge is 2.43. The number of aromatic amines is 1. The number of alkyl halides is 2. The number of ether oxygens (including phenoxy) is 2. The molecule has 0 radical (unpaired) electrons. The standard InChI is InChI=1S/C14H7F2N5O3/c1-6-11(12-8(5-17)19-21-20-12)18-13(22-6)7-2-3-9-10(4-7)24-14(15,16)23-9/h2-4H,1H3,(H,19,20,21). The first kappa shape index (κ1) is 14.1. The third-order valence-corrected chi connectivity index (χ3v) is 3.32. The van der Waals surface area contributed by atoms with Crippen molar-refractivity contribution in [1.29, 1.82) is 5.26 Å². The van der Waals surface area contributed by atoms with Gasteiger partial charge in [-0.15, -0.1) is 13.9 Å². The van der Waals surface area contributed by atoms with Gasteiger partial charge in [-0.25, -0.2) is 4.98 Å². The molecule has 0 unspecified atom stereocenters. The number of nitriles is 1. The normalized spacial score (nSPS) is 14.6. The molecule has 2 aromatic heterocycles. The lowest BCUT2D eigenvalue weighted by Crippen LogP contribution is -2.25. The molecule has 1 N–H and O–H groups in total. The van der Waals surface area contributed by atoms with Crippen LogP contribution in [-0.4, -0.2) is 26.7 Å². The van der Waals surface area contributed by atoms with E-state index in [4.69, 9.17) is 9.68 Å². The molecule has 1 aliphatic heterocycles. The number of hydrogen-bond acceptors (Lipinski definition) is 7. The largest absolute Gasteiger partial charge is 0.586 e. The van der Waals surface area contributed by atoms with E-state index in [0.29, 0.717) is 17.0 Å². The average molecular weight is 331 g/mol. The van der Waals surface area contributed by atoms with E-state index < -0.39 is 6.29 Å². The molecule has 4 rings (SSSR count). The van der Waals surface area contributed by atoms with Crippen LogP contribution in [0.5, 0.6) is 11.5 Å². The summed E-state index contributed by atoms with van der Waals surface area (Å²) in [7, 11) is 0. The topological polar surface area (TPSA) is 110 Å². The van der Waals surface area contributed by atoms with E-state index in [1.54, 1.807) is 6.92 Å². The Kier molecular flexibility index (Phi) is 2.80. The van der Waals surface area contributed by atoms with Crippen LogP contribution in [0.15, 0.2) is 22.6 Å². The molecule has 0 amide bonds. The number of aryl methyl sites for hydroxylation is 1. The Morgan fingerprint density at radius 1 is 1.17 bits per heavy atom. The Balaban J connectivity index is 1.75. The molecule has 0 saturated heterocycles. The Hall–Kier alpha value is -3.48. The number of rotatable bonds is 2. The maximum Gasteiger partial charge on any atom is 0.586 e. The van der Waals surface area contributed by atoms with Gasteiger partial charge in [0.05, 0.1) is 0 Å². The molecule has 3 heterocycles. The van der Waals surface area contributed by atoms with E-state index in [1.807, 2.05) is 6.07 Å². The molecule has 120 valence electrons. The molecule has 0 aliphatic carbocycles. The highest BCUT2D eigenvalue weighted by atomic mass is 19.3. The van der Waals surface area contributed by atoms with E-state index in [2.05, 4.69) is 29.9 Å². The van der Waals surface area contributed by atoms with Crippen molar-refractivity contribution < 1.29 is 22.7 Å². The lowest BCUT2D eigenvalue weighted by Gasteiger charge is -2.04. The van der Waals surface area contributed by atoms with E-state index in [0.717, 1.165) is 0 Å². The number of oxazole rings is 1. The summed E-state index contributed by atoms with van der Waals surface area (Å²) >= 11 is 0. The fourth-order valence-corrected chi connectivity index (χ4v) is 2.30. The van der Waals surface area contributed by atoms with Gasteiger partial charge in [0.25, 0.3) is 0 Å². The van der Waals surface area contributed by atoms with Crippen LogP contribution >= 0.6 is 0 Å². The molecule has 1 aliphatic rings. The van der Waals surface area contributed by atoms with Gasteiger partial charge in [-0.05, 0) is 25.1 Å². The van der Waals surface area contributed by atoms with Crippen molar-refractivity contribution in [2.75, 3.05) is 0 Å². The Bertz CT molecular complexity index is 989.